The van der Waals surface area contributed by atoms with Gasteiger partial charge in [0.1, 0.15) is 48.4 Å². The molecule has 0 fully saturated rings. The van der Waals surface area contributed by atoms with Crippen LogP contribution in [0.3, 0.4) is 0 Å². The highest BCUT2D eigenvalue weighted by Gasteiger charge is 2.31. The largest absolute Gasteiger partial charge is 0.496 e. The van der Waals surface area contributed by atoms with Crippen LogP contribution < -0.4 is 18.9 Å². The molecule has 0 radical (unpaired) electrons. The fourth-order valence-corrected chi connectivity index (χ4v) is 6.87. The molecule has 0 aliphatic carbocycles. The zero-order chi connectivity index (χ0) is 45.1. The maximum absolute atomic E-state index is 12.6. The molecule has 18 heteroatoms. The number of carbonyl (C=O) groups excluding carboxylic acids is 4. The minimum atomic E-state index is -4.35. The number of hydrogen-bond donors (Lipinski definition) is 0. The topological polar surface area (TPSA) is 124 Å². The number of rotatable bonds is 18. The van der Waals surface area contributed by atoms with Gasteiger partial charge in [0.05, 0.1) is 25.3 Å². The van der Waals surface area contributed by atoms with Gasteiger partial charge in [0.2, 0.25) is 0 Å². The minimum Gasteiger partial charge on any atom is -0.496 e. The van der Waals surface area contributed by atoms with Crippen molar-refractivity contribution < 1.29 is 73.9 Å². The smallest absolute Gasteiger partial charge is 0.416 e. The van der Waals surface area contributed by atoms with E-state index in [2.05, 4.69) is 0 Å². The summed E-state index contributed by atoms with van der Waals surface area (Å²) in [4.78, 5) is 34.7. The van der Waals surface area contributed by atoms with E-state index in [1.807, 2.05) is 64.1 Å². The molecule has 4 aromatic rings. The monoisotopic (exact) mass is 888 g/mol. The van der Waals surface area contributed by atoms with Gasteiger partial charge in [0, 0.05) is 34.5 Å². The van der Waals surface area contributed by atoms with Gasteiger partial charge in [-0.25, -0.2) is 0 Å². The third-order valence-corrected chi connectivity index (χ3v) is 9.90. The summed E-state index contributed by atoms with van der Waals surface area (Å²) in [5.41, 5.74) is 0.719. The second-order valence-electron chi connectivity index (χ2n) is 11.9. The van der Waals surface area contributed by atoms with E-state index in [-0.39, 0.29) is 37.7 Å². The van der Waals surface area contributed by atoms with Gasteiger partial charge in [-0.15, -0.1) is 23.5 Å². The Morgan fingerprint density at radius 2 is 0.867 bits per heavy atom. The molecule has 0 unspecified atom stereocenters. The molecule has 0 aliphatic heterocycles. The number of benzene rings is 4. The van der Waals surface area contributed by atoms with Crippen LogP contribution in [-0.2, 0) is 41.0 Å². The number of methoxy groups -OCH3 is 2. The molecule has 0 aliphatic rings. The molecule has 0 N–H and O–H groups in total. The summed E-state index contributed by atoms with van der Waals surface area (Å²) in [5.74, 6) is 3.79. The number of alkyl halides is 6. The summed E-state index contributed by atoms with van der Waals surface area (Å²) >= 11 is 3.27. The summed E-state index contributed by atoms with van der Waals surface area (Å²) in [6, 6.07) is 21.3. The van der Waals surface area contributed by atoms with Crippen LogP contribution in [0.5, 0.6) is 23.0 Å². The molecule has 328 valence electrons. The maximum atomic E-state index is 12.6. The van der Waals surface area contributed by atoms with Crippen molar-refractivity contribution in [2.45, 2.75) is 62.0 Å². The first-order valence-electron chi connectivity index (χ1n) is 17.9. The molecule has 2 atom stereocenters. The predicted octanol–water partition coefficient (Wildman–Crippen LogP) is 10.0. The fraction of sp³-hybridized carbons (Fsp3) is 0.381. The molecule has 0 amide bonds. The first kappa shape index (κ1) is 53.1. The van der Waals surface area contributed by atoms with Crippen LogP contribution in [0.1, 0.15) is 36.1 Å². The Bertz CT molecular complexity index is 1740. The SMILES string of the molecule is CCO[C@@H](COc1ccc(C(F)(F)F)cc1)CSc1ccc(OC)c(C)c1.CCO[C@H](COc1ccc(C(F)(F)F)cc1)CSc1ccc(OC)c(C)c1.O=C=O.O=C=O. The Kier molecular flexibility index (Phi) is 25.2. The number of aryl methyl sites for hydroxylation is 2. The highest BCUT2D eigenvalue weighted by Crippen LogP contribution is 2.32. The lowest BCUT2D eigenvalue weighted by Crippen LogP contribution is -2.24. The van der Waals surface area contributed by atoms with Crippen molar-refractivity contribution in [3.05, 3.63) is 107 Å². The van der Waals surface area contributed by atoms with Gasteiger partial charge in [0.25, 0.3) is 0 Å². The van der Waals surface area contributed by atoms with Crippen molar-refractivity contribution >= 4 is 35.8 Å². The average molecular weight is 889 g/mol. The lowest BCUT2D eigenvalue weighted by atomic mass is 10.2. The second kappa shape index (κ2) is 28.5. The van der Waals surface area contributed by atoms with Gasteiger partial charge in [0.15, 0.2) is 0 Å². The Labute approximate surface area is 353 Å². The summed E-state index contributed by atoms with van der Waals surface area (Å²) in [5, 5.41) is 0. The normalized spacial score (nSPS) is 11.7. The zero-order valence-corrected chi connectivity index (χ0v) is 35.3. The minimum absolute atomic E-state index is 0.176. The fourth-order valence-electron chi connectivity index (χ4n) is 4.88. The summed E-state index contributed by atoms with van der Waals surface area (Å²) in [6.45, 7) is 9.35. The molecule has 10 nitrogen and oxygen atoms in total. The Hall–Kier alpha value is -4.96. The van der Waals surface area contributed by atoms with E-state index < -0.39 is 23.5 Å². The van der Waals surface area contributed by atoms with Crippen molar-refractivity contribution in [3.8, 4) is 23.0 Å². The molecule has 0 bridgehead atoms. The second-order valence-corrected chi connectivity index (χ2v) is 14.1. The Balaban J connectivity index is 0.000000530. The van der Waals surface area contributed by atoms with Crippen molar-refractivity contribution in [2.24, 2.45) is 0 Å². The Morgan fingerprint density at radius 3 is 1.12 bits per heavy atom. The van der Waals surface area contributed by atoms with Crippen LogP contribution >= 0.6 is 23.5 Å². The van der Waals surface area contributed by atoms with E-state index >= 15 is 0 Å². The first-order valence-corrected chi connectivity index (χ1v) is 19.8. The zero-order valence-electron chi connectivity index (χ0n) is 33.6. The van der Waals surface area contributed by atoms with Crippen molar-refractivity contribution in [1.82, 2.24) is 0 Å². The molecule has 0 saturated carbocycles. The first-order chi connectivity index (χ1) is 28.5. The van der Waals surface area contributed by atoms with E-state index in [4.69, 9.17) is 47.6 Å². The number of ether oxygens (including phenoxy) is 6. The highest BCUT2D eigenvalue weighted by molar-refractivity contribution is 7.99. The molecule has 4 rings (SSSR count). The van der Waals surface area contributed by atoms with E-state index in [0.717, 1.165) is 56.7 Å². The summed E-state index contributed by atoms with van der Waals surface area (Å²) in [6.07, 6.45) is -8.55. The van der Waals surface area contributed by atoms with Crippen LogP contribution in [0.4, 0.5) is 26.3 Å². The van der Waals surface area contributed by atoms with Crippen molar-refractivity contribution in [1.29, 1.82) is 0 Å². The van der Waals surface area contributed by atoms with Gasteiger partial charge in [-0.2, -0.15) is 45.5 Å². The van der Waals surface area contributed by atoms with E-state index in [0.29, 0.717) is 36.2 Å². The molecule has 0 aromatic heterocycles. The van der Waals surface area contributed by atoms with Gasteiger partial charge in [-0.3, -0.25) is 0 Å². The quantitative estimate of drug-likeness (QED) is 0.0698. The van der Waals surface area contributed by atoms with E-state index in [9.17, 15) is 26.3 Å². The third-order valence-electron chi connectivity index (χ3n) is 7.64. The van der Waals surface area contributed by atoms with Crippen LogP contribution in [0, 0.1) is 13.8 Å². The van der Waals surface area contributed by atoms with Gasteiger partial charge < -0.3 is 28.4 Å². The third kappa shape index (κ3) is 20.8. The highest BCUT2D eigenvalue weighted by atomic mass is 32.2. The Morgan fingerprint density at radius 1 is 0.550 bits per heavy atom. The van der Waals surface area contributed by atoms with Gasteiger partial charge in [-0.1, -0.05) is 0 Å². The maximum Gasteiger partial charge on any atom is 0.416 e. The van der Waals surface area contributed by atoms with Crippen LogP contribution in [0.25, 0.3) is 0 Å². The molecule has 0 spiro atoms. The molecule has 0 heterocycles. The molecule has 0 saturated heterocycles. The number of thioether (sulfide) groups is 2. The average Bonchev–Trinajstić information content (AvgIpc) is 3.20. The van der Waals surface area contributed by atoms with Crippen LogP contribution in [-0.4, -0.2) is 76.7 Å². The number of halogens is 6. The predicted molar refractivity (Wildman–Crippen MR) is 212 cm³/mol. The molecular weight excluding hydrogens is 843 g/mol. The summed E-state index contributed by atoms with van der Waals surface area (Å²) < 4.78 is 109. The summed E-state index contributed by atoms with van der Waals surface area (Å²) in [7, 11) is 3.28. The van der Waals surface area contributed by atoms with Crippen molar-refractivity contribution in [3.63, 3.8) is 0 Å². The van der Waals surface area contributed by atoms with Crippen LogP contribution in [0.2, 0.25) is 0 Å². The van der Waals surface area contributed by atoms with Gasteiger partial charge >= 0.3 is 24.7 Å². The molecule has 4 aromatic carbocycles. The lowest BCUT2D eigenvalue weighted by molar-refractivity contribution is -0.193. The van der Waals surface area contributed by atoms with Gasteiger partial charge in [-0.05, 0) is 124 Å². The van der Waals surface area contributed by atoms with E-state index in [1.165, 1.54) is 24.3 Å². The number of hydrogen-bond acceptors (Lipinski definition) is 12. The lowest BCUT2D eigenvalue weighted by Gasteiger charge is -2.18. The van der Waals surface area contributed by atoms with E-state index in [1.54, 1.807) is 37.7 Å². The standard InChI is InChI=1S/2C20H23F3O3S.2CO2/c2*1-4-25-17(13-27-18-9-10-19(24-3)14(2)11-18)12-26-16-7-5-15(6-8-16)20(21,22)23;2*2-1-3/h2*5-11,17H,4,12-13H2,1-3H3;;/t2*17-;;/m10../s1. The van der Waals surface area contributed by atoms with Crippen molar-refractivity contribution in [2.75, 3.05) is 52.2 Å². The van der Waals surface area contributed by atoms with Crippen LogP contribution in [0.15, 0.2) is 94.7 Å². The molecule has 60 heavy (non-hydrogen) atoms. The molecular formula is C42H46F6O10S2.